The van der Waals surface area contributed by atoms with Crippen molar-refractivity contribution in [2.45, 2.75) is 13.8 Å². The first-order valence-electron chi connectivity index (χ1n) is 6.45. The minimum atomic E-state index is -0.188. The third-order valence-corrected chi connectivity index (χ3v) is 2.70. The van der Waals surface area contributed by atoms with Crippen LogP contribution < -0.4 is 11.3 Å². The number of aromatic amines is 1. The maximum absolute atomic E-state index is 12.0. The molecule has 0 aliphatic carbocycles. The van der Waals surface area contributed by atoms with Crippen LogP contribution in [0.3, 0.4) is 0 Å². The third-order valence-electron chi connectivity index (χ3n) is 2.70. The largest absolute Gasteiger partial charge is 0.368 e. The molecule has 3 aromatic rings. The first-order valence-corrected chi connectivity index (χ1v) is 6.45. The summed E-state index contributed by atoms with van der Waals surface area (Å²) in [6, 6.07) is 11.2. The van der Waals surface area contributed by atoms with Crippen LogP contribution in [-0.2, 0) is 0 Å². The fourth-order valence-corrected chi connectivity index (χ4v) is 1.84. The number of pyridine rings is 1. The molecule has 0 amide bonds. The summed E-state index contributed by atoms with van der Waals surface area (Å²) in [6.07, 6.45) is 1.60. The maximum Gasteiger partial charge on any atom is 0.257 e. The topological polar surface area (TPSA) is 84.7 Å². The highest BCUT2D eigenvalue weighted by atomic mass is 16.1. The van der Waals surface area contributed by atoms with E-state index in [1.807, 2.05) is 44.2 Å². The van der Waals surface area contributed by atoms with Crippen LogP contribution in [0.1, 0.15) is 13.8 Å². The van der Waals surface area contributed by atoms with Crippen molar-refractivity contribution < 1.29 is 0 Å². The summed E-state index contributed by atoms with van der Waals surface area (Å²) in [5.41, 5.74) is 7.19. The molecule has 0 radical (unpaired) electrons. The number of nitrogen functional groups attached to an aromatic ring is 1. The Kier molecular flexibility index (Phi) is 4.10. The number of H-pyrrole nitrogens is 1. The summed E-state index contributed by atoms with van der Waals surface area (Å²) < 4.78 is 0. The zero-order valence-corrected chi connectivity index (χ0v) is 11.4. The van der Waals surface area contributed by atoms with Crippen molar-refractivity contribution in [2.24, 2.45) is 0 Å². The molecule has 0 spiro atoms. The number of nitrogens with one attached hydrogen (secondary N) is 1. The molecule has 0 saturated carbocycles. The van der Waals surface area contributed by atoms with Crippen LogP contribution in [0, 0.1) is 0 Å². The van der Waals surface area contributed by atoms with Gasteiger partial charge in [-0.2, -0.15) is 4.98 Å². The van der Waals surface area contributed by atoms with Crippen molar-refractivity contribution in [1.29, 1.82) is 0 Å². The van der Waals surface area contributed by atoms with Crippen LogP contribution in [-0.4, -0.2) is 15.0 Å². The number of nitrogens with zero attached hydrogens (tertiary/aromatic N) is 2. The van der Waals surface area contributed by atoms with Gasteiger partial charge in [0.1, 0.15) is 5.65 Å². The highest BCUT2D eigenvalue weighted by molar-refractivity contribution is 5.80. The molecule has 3 rings (SSSR count). The number of aromatic nitrogens is 3. The van der Waals surface area contributed by atoms with Gasteiger partial charge in [-0.15, -0.1) is 0 Å². The lowest BCUT2D eigenvalue weighted by molar-refractivity contribution is 1.17. The van der Waals surface area contributed by atoms with Gasteiger partial charge >= 0.3 is 0 Å². The molecule has 0 aliphatic heterocycles. The lowest BCUT2D eigenvalue weighted by Gasteiger charge is -2.03. The second-order valence-electron chi connectivity index (χ2n) is 3.91. The molecular weight excluding hydrogens is 252 g/mol. The molecule has 0 fully saturated rings. The minimum absolute atomic E-state index is 0.144. The number of fused-ring (bicyclic) bond motifs is 1. The van der Waals surface area contributed by atoms with E-state index < -0.39 is 0 Å². The Labute approximate surface area is 116 Å². The Bertz CT molecular complexity index is 766. The maximum atomic E-state index is 12.0. The van der Waals surface area contributed by atoms with Gasteiger partial charge in [-0.1, -0.05) is 44.2 Å². The summed E-state index contributed by atoms with van der Waals surface area (Å²) in [4.78, 5) is 22.6. The molecule has 0 atom stereocenters. The van der Waals surface area contributed by atoms with E-state index in [0.29, 0.717) is 11.2 Å². The SMILES string of the molecule is CC.Nc1ncc2cc(-c3ccccc3)c(=O)[nH]c2n1. The summed E-state index contributed by atoms with van der Waals surface area (Å²) in [5.74, 6) is 0.144. The molecule has 1 aromatic carbocycles. The number of rotatable bonds is 1. The van der Waals surface area contributed by atoms with Crippen LogP contribution >= 0.6 is 0 Å². The van der Waals surface area contributed by atoms with E-state index in [9.17, 15) is 4.79 Å². The zero-order chi connectivity index (χ0) is 14.5. The van der Waals surface area contributed by atoms with E-state index in [1.165, 1.54) is 0 Å². The highest BCUT2D eigenvalue weighted by Crippen LogP contribution is 2.18. The average molecular weight is 268 g/mol. The van der Waals surface area contributed by atoms with Crippen LogP contribution in [0.2, 0.25) is 0 Å². The third kappa shape index (κ3) is 2.66. The van der Waals surface area contributed by atoms with Crippen LogP contribution in [0.15, 0.2) is 47.4 Å². The van der Waals surface area contributed by atoms with Gasteiger partial charge in [0.25, 0.3) is 5.56 Å². The fraction of sp³-hybridized carbons (Fsp3) is 0.133. The van der Waals surface area contributed by atoms with Gasteiger partial charge in [0.2, 0.25) is 5.95 Å². The molecule has 0 saturated heterocycles. The van der Waals surface area contributed by atoms with Crippen LogP contribution in [0.25, 0.3) is 22.2 Å². The Morgan fingerprint density at radius 1 is 1.15 bits per heavy atom. The van der Waals surface area contributed by atoms with Gasteiger partial charge < -0.3 is 10.7 Å². The molecule has 20 heavy (non-hydrogen) atoms. The van der Waals surface area contributed by atoms with Crippen LogP contribution in [0.5, 0.6) is 0 Å². The van der Waals surface area contributed by atoms with Crippen molar-refractivity contribution in [3.05, 3.63) is 52.9 Å². The highest BCUT2D eigenvalue weighted by Gasteiger charge is 2.06. The molecule has 102 valence electrons. The fourth-order valence-electron chi connectivity index (χ4n) is 1.84. The van der Waals surface area contributed by atoms with Gasteiger partial charge in [-0.3, -0.25) is 4.79 Å². The van der Waals surface area contributed by atoms with E-state index in [2.05, 4.69) is 15.0 Å². The molecule has 0 aliphatic rings. The van der Waals surface area contributed by atoms with Gasteiger partial charge in [-0.05, 0) is 11.6 Å². The lowest BCUT2D eigenvalue weighted by Crippen LogP contribution is -2.10. The smallest absolute Gasteiger partial charge is 0.257 e. The van der Waals surface area contributed by atoms with Gasteiger partial charge in [0, 0.05) is 17.1 Å². The zero-order valence-electron chi connectivity index (χ0n) is 11.4. The lowest BCUT2D eigenvalue weighted by atomic mass is 10.1. The van der Waals surface area contributed by atoms with Crippen molar-refractivity contribution in [3.63, 3.8) is 0 Å². The first-order chi connectivity index (χ1) is 9.74. The Morgan fingerprint density at radius 3 is 2.55 bits per heavy atom. The molecule has 0 bridgehead atoms. The Hall–Kier alpha value is -2.69. The predicted molar refractivity (Wildman–Crippen MR) is 81.4 cm³/mol. The number of anilines is 1. The van der Waals surface area contributed by atoms with Crippen molar-refractivity contribution in [3.8, 4) is 11.1 Å². The monoisotopic (exact) mass is 268 g/mol. The number of benzene rings is 1. The number of hydrogen-bond acceptors (Lipinski definition) is 4. The second-order valence-corrected chi connectivity index (χ2v) is 3.91. The molecule has 3 N–H and O–H groups in total. The van der Waals surface area contributed by atoms with Gasteiger partial charge in [0.05, 0.1) is 0 Å². The number of hydrogen-bond donors (Lipinski definition) is 2. The van der Waals surface area contributed by atoms with Crippen LogP contribution in [0.4, 0.5) is 5.95 Å². The van der Waals surface area contributed by atoms with Crippen molar-refractivity contribution in [2.75, 3.05) is 5.73 Å². The summed E-state index contributed by atoms with van der Waals surface area (Å²) in [5, 5.41) is 0.752. The molecular formula is C15H16N4O. The standard InChI is InChI=1S/C13H10N4O.C2H6/c14-13-15-7-9-6-10(8-4-2-1-3-5-8)12(18)16-11(9)17-13;1-2/h1-7H,(H3,14,15,16,17,18);1-2H3. The first kappa shape index (κ1) is 13.7. The van der Waals surface area contributed by atoms with Gasteiger partial charge in [0.15, 0.2) is 0 Å². The minimum Gasteiger partial charge on any atom is -0.368 e. The Balaban J connectivity index is 0.000000704. The Morgan fingerprint density at radius 2 is 1.85 bits per heavy atom. The average Bonchev–Trinajstić information content (AvgIpc) is 2.49. The summed E-state index contributed by atoms with van der Waals surface area (Å²) >= 11 is 0. The normalized spacial score (nSPS) is 9.90. The van der Waals surface area contributed by atoms with E-state index in [4.69, 9.17) is 5.73 Å². The number of nitrogens with two attached hydrogens (primary N) is 1. The van der Waals surface area contributed by atoms with E-state index in [1.54, 1.807) is 12.3 Å². The summed E-state index contributed by atoms with van der Waals surface area (Å²) in [6.45, 7) is 4.00. The predicted octanol–water partition coefficient (Wildman–Crippen LogP) is 2.59. The van der Waals surface area contributed by atoms with Crippen molar-refractivity contribution >= 4 is 17.0 Å². The van der Waals surface area contributed by atoms with Gasteiger partial charge in [-0.25, -0.2) is 4.98 Å². The quantitative estimate of drug-likeness (QED) is 0.710. The molecule has 0 unspecified atom stereocenters. The van der Waals surface area contributed by atoms with E-state index >= 15 is 0 Å². The van der Waals surface area contributed by atoms with E-state index in [-0.39, 0.29) is 11.5 Å². The molecule has 5 nitrogen and oxygen atoms in total. The molecule has 2 heterocycles. The van der Waals surface area contributed by atoms with Crippen molar-refractivity contribution in [1.82, 2.24) is 15.0 Å². The molecule has 5 heteroatoms. The summed E-state index contributed by atoms with van der Waals surface area (Å²) in [7, 11) is 0. The van der Waals surface area contributed by atoms with E-state index in [0.717, 1.165) is 10.9 Å². The second kappa shape index (κ2) is 5.97. The molecule has 2 aromatic heterocycles.